The summed E-state index contributed by atoms with van der Waals surface area (Å²) >= 11 is 0. The van der Waals surface area contributed by atoms with Gasteiger partial charge in [-0.2, -0.15) is 4.98 Å². The maximum absolute atomic E-state index is 11.4. The van der Waals surface area contributed by atoms with Crippen LogP contribution in [0.1, 0.15) is 11.5 Å². The normalized spacial score (nSPS) is 11.4. The summed E-state index contributed by atoms with van der Waals surface area (Å²) in [6.07, 6.45) is 1.16. The fraction of sp³-hybridized carbons (Fsp3) is 0.176. The first-order valence-electron chi connectivity index (χ1n) is 7.24. The van der Waals surface area contributed by atoms with Crippen LogP contribution in [0.5, 0.6) is 5.75 Å². The van der Waals surface area contributed by atoms with Crippen molar-refractivity contribution in [2.24, 2.45) is 0 Å². The topological polar surface area (TPSA) is 82.3 Å². The van der Waals surface area contributed by atoms with E-state index in [9.17, 15) is 8.42 Å². The molecule has 0 atom stereocenters. The van der Waals surface area contributed by atoms with Gasteiger partial charge in [0.2, 0.25) is 5.82 Å². The molecule has 7 heteroatoms. The molecule has 0 fully saturated rings. The van der Waals surface area contributed by atoms with Crippen LogP contribution in [0.4, 0.5) is 0 Å². The van der Waals surface area contributed by atoms with Crippen molar-refractivity contribution in [3.05, 3.63) is 60.0 Å². The molecule has 0 saturated heterocycles. The molecule has 124 valence electrons. The van der Waals surface area contributed by atoms with Crippen LogP contribution in [0.15, 0.2) is 57.9 Å². The quantitative estimate of drug-likeness (QED) is 0.707. The van der Waals surface area contributed by atoms with Crippen LogP contribution in [-0.2, 0) is 16.4 Å². The van der Waals surface area contributed by atoms with E-state index in [0.717, 1.165) is 17.4 Å². The van der Waals surface area contributed by atoms with Crippen LogP contribution >= 0.6 is 0 Å². The summed E-state index contributed by atoms with van der Waals surface area (Å²) in [7, 11) is -3.21. The summed E-state index contributed by atoms with van der Waals surface area (Å²) in [5, 5.41) is 3.93. The lowest BCUT2D eigenvalue weighted by Crippen LogP contribution is -1.98. The van der Waals surface area contributed by atoms with Crippen molar-refractivity contribution < 1.29 is 17.7 Å². The first-order chi connectivity index (χ1) is 11.4. The van der Waals surface area contributed by atoms with Crippen LogP contribution in [0.3, 0.4) is 0 Å². The summed E-state index contributed by atoms with van der Waals surface area (Å²) in [5.41, 5.74) is 2.02. The number of ether oxygens (including phenoxy) is 1. The van der Waals surface area contributed by atoms with Gasteiger partial charge in [0, 0.05) is 11.8 Å². The highest BCUT2D eigenvalue weighted by atomic mass is 32.2. The number of hydrogen-bond acceptors (Lipinski definition) is 6. The van der Waals surface area contributed by atoms with E-state index in [1.165, 1.54) is 12.1 Å². The zero-order valence-electron chi connectivity index (χ0n) is 13.3. The molecule has 0 radical (unpaired) electrons. The van der Waals surface area contributed by atoms with Gasteiger partial charge in [-0.05, 0) is 31.2 Å². The number of sulfone groups is 1. The number of aromatic nitrogens is 2. The van der Waals surface area contributed by atoms with Gasteiger partial charge in [0.15, 0.2) is 16.4 Å². The SMILES string of the molecule is Cc1ccc(-c2noc(COc3ccc(S(C)(=O)=O)cc3)n2)cc1. The molecule has 0 aliphatic rings. The van der Waals surface area contributed by atoms with Gasteiger partial charge in [-0.1, -0.05) is 35.0 Å². The third-order valence-electron chi connectivity index (χ3n) is 3.39. The van der Waals surface area contributed by atoms with Crippen LogP contribution in [0.25, 0.3) is 11.4 Å². The molecular weight excluding hydrogens is 328 g/mol. The van der Waals surface area contributed by atoms with Crippen molar-refractivity contribution in [3.8, 4) is 17.1 Å². The summed E-state index contributed by atoms with van der Waals surface area (Å²) < 4.78 is 33.5. The molecule has 2 aromatic carbocycles. The van der Waals surface area contributed by atoms with E-state index in [4.69, 9.17) is 9.26 Å². The minimum atomic E-state index is -3.21. The zero-order valence-corrected chi connectivity index (χ0v) is 14.1. The van der Waals surface area contributed by atoms with Gasteiger partial charge >= 0.3 is 0 Å². The van der Waals surface area contributed by atoms with Gasteiger partial charge in [-0.3, -0.25) is 0 Å². The van der Waals surface area contributed by atoms with E-state index in [1.54, 1.807) is 12.1 Å². The van der Waals surface area contributed by atoms with Crippen molar-refractivity contribution in [2.75, 3.05) is 6.26 Å². The monoisotopic (exact) mass is 344 g/mol. The lowest BCUT2D eigenvalue weighted by atomic mass is 10.1. The van der Waals surface area contributed by atoms with Gasteiger partial charge in [0.1, 0.15) is 5.75 Å². The maximum Gasteiger partial charge on any atom is 0.264 e. The van der Waals surface area contributed by atoms with Gasteiger partial charge in [0.25, 0.3) is 5.89 Å². The molecule has 6 nitrogen and oxygen atoms in total. The molecule has 3 aromatic rings. The standard InChI is InChI=1S/C17H16N2O4S/c1-12-3-5-13(6-4-12)17-18-16(23-19-17)11-22-14-7-9-15(10-8-14)24(2,20)21/h3-10H,11H2,1-2H3. The third-order valence-corrected chi connectivity index (χ3v) is 4.52. The average molecular weight is 344 g/mol. The Balaban J connectivity index is 1.66. The number of nitrogens with zero attached hydrogens (tertiary/aromatic N) is 2. The molecule has 0 unspecified atom stereocenters. The highest BCUT2D eigenvalue weighted by molar-refractivity contribution is 7.90. The highest BCUT2D eigenvalue weighted by Gasteiger charge is 2.10. The summed E-state index contributed by atoms with van der Waals surface area (Å²) in [5.74, 6) is 1.37. The van der Waals surface area contributed by atoms with Crippen molar-refractivity contribution in [1.82, 2.24) is 10.1 Å². The van der Waals surface area contributed by atoms with E-state index >= 15 is 0 Å². The number of benzene rings is 2. The van der Waals surface area contributed by atoms with Gasteiger partial charge in [0.05, 0.1) is 4.90 Å². The Morgan fingerprint density at radius 1 is 1.04 bits per heavy atom. The fourth-order valence-electron chi connectivity index (χ4n) is 2.06. The first kappa shape index (κ1) is 16.2. The van der Waals surface area contributed by atoms with Crippen LogP contribution in [0, 0.1) is 6.92 Å². The van der Waals surface area contributed by atoms with E-state index in [2.05, 4.69) is 10.1 Å². The Bertz CT molecular complexity index is 929. The summed E-state index contributed by atoms with van der Waals surface area (Å²) in [4.78, 5) is 4.53. The molecular formula is C17H16N2O4S. The lowest BCUT2D eigenvalue weighted by molar-refractivity contribution is 0.243. The van der Waals surface area contributed by atoms with E-state index < -0.39 is 9.84 Å². The molecule has 0 aliphatic heterocycles. The molecule has 1 aromatic heterocycles. The first-order valence-corrected chi connectivity index (χ1v) is 9.13. The molecule has 3 rings (SSSR count). The summed E-state index contributed by atoms with van der Waals surface area (Å²) in [6.45, 7) is 2.12. The van der Waals surface area contributed by atoms with Crippen LogP contribution in [-0.4, -0.2) is 24.8 Å². The van der Waals surface area contributed by atoms with Gasteiger partial charge < -0.3 is 9.26 Å². The second kappa shape index (κ2) is 6.45. The second-order valence-corrected chi connectivity index (χ2v) is 7.43. The zero-order chi connectivity index (χ0) is 17.2. The Morgan fingerprint density at radius 2 is 1.71 bits per heavy atom. The Labute approximate surface area is 140 Å². The molecule has 0 amide bonds. The Morgan fingerprint density at radius 3 is 2.33 bits per heavy atom. The lowest BCUT2D eigenvalue weighted by Gasteiger charge is -2.04. The van der Waals surface area contributed by atoms with Crippen molar-refractivity contribution in [2.45, 2.75) is 18.4 Å². The number of rotatable bonds is 5. The Kier molecular flexibility index (Phi) is 4.35. The van der Waals surface area contributed by atoms with Crippen LogP contribution < -0.4 is 4.74 Å². The molecule has 1 heterocycles. The van der Waals surface area contributed by atoms with Crippen molar-refractivity contribution >= 4 is 9.84 Å². The number of aryl methyl sites for hydroxylation is 1. The summed E-state index contributed by atoms with van der Waals surface area (Å²) in [6, 6.07) is 14.0. The predicted molar refractivity (Wildman–Crippen MR) is 88.4 cm³/mol. The highest BCUT2D eigenvalue weighted by Crippen LogP contribution is 2.19. The largest absolute Gasteiger partial charge is 0.484 e. The molecule has 0 bridgehead atoms. The van der Waals surface area contributed by atoms with Crippen molar-refractivity contribution in [1.29, 1.82) is 0 Å². The minimum absolute atomic E-state index is 0.108. The van der Waals surface area contributed by atoms with Gasteiger partial charge in [-0.25, -0.2) is 8.42 Å². The van der Waals surface area contributed by atoms with E-state index in [1.807, 2.05) is 31.2 Å². The predicted octanol–water partition coefficient (Wildman–Crippen LogP) is 3.03. The van der Waals surface area contributed by atoms with Gasteiger partial charge in [-0.15, -0.1) is 0 Å². The second-order valence-electron chi connectivity index (χ2n) is 5.41. The molecule has 0 spiro atoms. The van der Waals surface area contributed by atoms with Crippen molar-refractivity contribution in [3.63, 3.8) is 0 Å². The molecule has 0 saturated carbocycles. The maximum atomic E-state index is 11.4. The fourth-order valence-corrected chi connectivity index (χ4v) is 2.69. The van der Waals surface area contributed by atoms with E-state index in [0.29, 0.717) is 17.5 Å². The van der Waals surface area contributed by atoms with E-state index in [-0.39, 0.29) is 11.5 Å². The molecule has 0 N–H and O–H groups in total. The smallest absolute Gasteiger partial charge is 0.264 e. The Hall–Kier alpha value is -2.67. The molecule has 0 aliphatic carbocycles. The number of hydrogen-bond donors (Lipinski definition) is 0. The molecule has 24 heavy (non-hydrogen) atoms. The van der Waals surface area contributed by atoms with Crippen LogP contribution in [0.2, 0.25) is 0 Å². The third kappa shape index (κ3) is 3.80. The average Bonchev–Trinajstić information content (AvgIpc) is 3.02. The minimum Gasteiger partial charge on any atom is -0.484 e.